The maximum Gasteiger partial charge on any atom is 0.0587 e. The molecule has 2 unspecified atom stereocenters. The average molecular weight is 237 g/mol. The van der Waals surface area contributed by atoms with Crippen molar-refractivity contribution >= 4 is 11.8 Å². The Morgan fingerprint density at radius 3 is 3.06 bits per heavy atom. The third-order valence-corrected chi connectivity index (χ3v) is 4.37. The van der Waals surface area contributed by atoms with Crippen LogP contribution in [0.25, 0.3) is 0 Å². The second kappa shape index (κ2) is 5.71. The van der Waals surface area contributed by atoms with Gasteiger partial charge in [0.15, 0.2) is 0 Å². The zero-order valence-corrected chi connectivity index (χ0v) is 10.7. The molecule has 0 fully saturated rings. The minimum atomic E-state index is 0.479. The number of fused-ring (bicyclic) bond motifs is 1. The van der Waals surface area contributed by atoms with E-state index in [4.69, 9.17) is 4.74 Å². The van der Waals surface area contributed by atoms with Crippen LogP contribution in [-0.2, 0) is 4.74 Å². The number of hydrogen-bond acceptors (Lipinski definition) is 3. The van der Waals surface area contributed by atoms with Crippen LogP contribution in [-0.4, -0.2) is 26.0 Å². The monoisotopic (exact) mass is 237 g/mol. The van der Waals surface area contributed by atoms with E-state index < -0.39 is 0 Å². The zero-order valence-electron chi connectivity index (χ0n) is 9.90. The van der Waals surface area contributed by atoms with E-state index in [1.54, 1.807) is 7.11 Å². The summed E-state index contributed by atoms with van der Waals surface area (Å²) in [6, 6.07) is 9.18. The number of methoxy groups -OCH3 is 1. The molecule has 0 radical (unpaired) electrons. The summed E-state index contributed by atoms with van der Waals surface area (Å²) in [6.45, 7) is 4.01. The molecule has 1 aliphatic rings. The molecule has 1 aromatic rings. The van der Waals surface area contributed by atoms with Crippen molar-refractivity contribution in [3.05, 3.63) is 29.8 Å². The predicted octanol–water partition coefficient (Wildman–Crippen LogP) is 2.71. The van der Waals surface area contributed by atoms with E-state index in [1.807, 2.05) is 11.8 Å². The van der Waals surface area contributed by atoms with E-state index in [9.17, 15) is 0 Å². The van der Waals surface area contributed by atoms with Crippen LogP contribution in [0.4, 0.5) is 0 Å². The lowest BCUT2D eigenvalue weighted by atomic mass is 9.95. The molecule has 2 atom stereocenters. The molecule has 1 heterocycles. The summed E-state index contributed by atoms with van der Waals surface area (Å²) in [5.74, 6) is 1.87. The van der Waals surface area contributed by atoms with Crippen LogP contribution in [0.3, 0.4) is 0 Å². The van der Waals surface area contributed by atoms with Gasteiger partial charge in [-0.15, -0.1) is 11.8 Å². The summed E-state index contributed by atoms with van der Waals surface area (Å²) >= 11 is 1.97. The standard InChI is InChI=1S/C13H19NOS/c1-10-9-16-12-6-4-3-5-11(12)13(10)14-7-8-15-2/h3-6,10,13-14H,7-9H2,1-2H3. The lowest BCUT2D eigenvalue weighted by Crippen LogP contribution is -2.33. The topological polar surface area (TPSA) is 21.3 Å². The molecular weight excluding hydrogens is 218 g/mol. The summed E-state index contributed by atoms with van der Waals surface area (Å²) in [7, 11) is 1.75. The second-order valence-corrected chi connectivity index (χ2v) is 5.31. The Morgan fingerprint density at radius 2 is 2.25 bits per heavy atom. The van der Waals surface area contributed by atoms with E-state index in [0.717, 1.165) is 13.2 Å². The molecular formula is C13H19NOS. The van der Waals surface area contributed by atoms with Gasteiger partial charge in [0.1, 0.15) is 0 Å². The molecule has 1 N–H and O–H groups in total. The van der Waals surface area contributed by atoms with Gasteiger partial charge >= 0.3 is 0 Å². The zero-order chi connectivity index (χ0) is 11.4. The van der Waals surface area contributed by atoms with Gasteiger partial charge < -0.3 is 10.1 Å². The summed E-state index contributed by atoms with van der Waals surface area (Å²) < 4.78 is 5.09. The summed E-state index contributed by atoms with van der Waals surface area (Å²) in [5, 5.41) is 3.59. The Hall–Kier alpha value is -0.510. The molecule has 0 saturated heterocycles. The summed E-state index contributed by atoms with van der Waals surface area (Å²) in [4.78, 5) is 1.43. The fourth-order valence-electron chi connectivity index (χ4n) is 2.12. The first kappa shape index (κ1) is 12.0. The van der Waals surface area contributed by atoms with Gasteiger partial charge in [-0.25, -0.2) is 0 Å². The summed E-state index contributed by atoms with van der Waals surface area (Å²) in [5.41, 5.74) is 1.45. The van der Waals surface area contributed by atoms with Gasteiger partial charge in [-0.05, 0) is 17.5 Å². The fraction of sp³-hybridized carbons (Fsp3) is 0.538. The van der Waals surface area contributed by atoms with Gasteiger partial charge in [0, 0.05) is 30.3 Å². The van der Waals surface area contributed by atoms with E-state index in [2.05, 4.69) is 36.5 Å². The van der Waals surface area contributed by atoms with Gasteiger partial charge in [0.25, 0.3) is 0 Å². The maximum atomic E-state index is 5.09. The molecule has 0 spiro atoms. The Kier molecular flexibility index (Phi) is 4.27. The van der Waals surface area contributed by atoms with Crippen molar-refractivity contribution in [3.63, 3.8) is 0 Å². The molecule has 16 heavy (non-hydrogen) atoms. The lowest BCUT2D eigenvalue weighted by molar-refractivity contribution is 0.192. The second-order valence-electron chi connectivity index (χ2n) is 4.25. The predicted molar refractivity (Wildman–Crippen MR) is 68.9 cm³/mol. The van der Waals surface area contributed by atoms with Crippen molar-refractivity contribution in [2.45, 2.75) is 17.9 Å². The largest absolute Gasteiger partial charge is 0.383 e. The van der Waals surface area contributed by atoms with Crippen molar-refractivity contribution in [3.8, 4) is 0 Å². The summed E-state index contributed by atoms with van der Waals surface area (Å²) in [6.07, 6.45) is 0. The molecule has 1 aromatic carbocycles. The van der Waals surface area contributed by atoms with Gasteiger partial charge in [-0.1, -0.05) is 25.1 Å². The van der Waals surface area contributed by atoms with Gasteiger partial charge in [0.2, 0.25) is 0 Å². The number of benzene rings is 1. The fourth-order valence-corrected chi connectivity index (χ4v) is 3.29. The smallest absolute Gasteiger partial charge is 0.0587 e. The highest BCUT2D eigenvalue weighted by molar-refractivity contribution is 7.99. The van der Waals surface area contributed by atoms with E-state index >= 15 is 0 Å². The molecule has 1 aliphatic heterocycles. The SMILES string of the molecule is COCCNC1c2ccccc2SCC1C. The molecule has 0 amide bonds. The normalized spacial score (nSPS) is 24.1. The first-order chi connectivity index (χ1) is 7.83. The number of nitrogens with one attached hydrogen (secondary N) is 1. The quantitative estimate of drug-likeness (QED) is 0.814. The molecule has 0 bridgehead atoms. The van der Waals surface area contributed by atoms with Crippen LogP contribution in [0.15, 0.2) is 29.2 Å². The van der Waals surface area contributed by atoms with Crippen molar-refractivity contribution in [2.75, 3.05) is 26.0 Å². The number of rotatable bonds is 4. The molecule has 0 aromatic heterocycles. The first-order valence-electron chi connectivity index (χ1n) is 5.77. The molecule has 0 aliphatic carbocycles. The van der Waals surface area contributed by atoms with Crippen molar-refractivity contribution in [1.82, 2.24) is 5.32 Å². The Bertz CT molecular complexity index is 342. The highest BCUT2D eigenvalue weighted by Crippen LogP contribution is 2.38. The maximum absolute atomic E-state index is 5.09. The van der Waals surface area contributed by atoms with Crippen LogP contribution in [0.1, 0.15) is 18.5 Å². The third-order valence-electron chi connectivity index (χ3n) is 3.00. The van der Waals surface area contributed by atoms with Gasteiger partial charge in [-0.2, -0.15) is 0 Å². The Balaban J connectivity index is 2.10. The minimum Gasteiger partial charge on any atom is -0.383 e. The molecule has 3 heteroatoms. The molecule has 2 rings (SSSR count). The van der Waals surface area contributed by atoms with Crippen LogP contribution in [0, 0.1) is 5.92 Å². The number of ether oxygens (including phenoxy) is 1. The lowest BCUT2D eigenvalue weighted by Gasteiger charge is -2.31. The van der Waals surface area contributed by atoms with E-state index in [1.165, 1.54) is 16.2 Å². The van der Waals surface area contributed by atoms with E-state index in [0.29, 0.717) is 12.0 Å². The average Bonchev–Trinajstić information content (AvgIpc) is 2.32. The van der Waals surface area contributed by atoms with Gasteiger partial charge in [0.05, 0.1) is 6.61 Å². The highest BCUT2D eigenvalue weighted by Gasteiger charge is 2.25. The van der Waals surface area contributed by atoms with Crippen molar-refractivity contribution in [1.29, 1.82) is 0 Å². The number of hydrogen-bond donors (Lipinski definition) is 1. The number of thioether (sulfide) groups is 1. The molecule has 0 saturated carbocycles. The van der Waals surface area contributed by atoms with Gasteiger partial charge in [-0.3, -0.25) is 0 Å². The Morgan fingerprint density at radius 1 is 1.44 bits per heavy atom. The van der Waals surface area contributed by atoms with E-state index in [-0.39, 0.29) is 0 Å². The van der Waals surface area contributed by atoms with Crippen LogP contribution in [0.2, 0.25) is 0 Å². The highest BCUT2D eigenvalue weighted by atomic mass is 32.2. The first-order valence-corrected chi connectivity index (χ1v) is 6.75. The van der Waals surface area contributed by atoms with Crippen LogP contribution in [0.5, 0.6) is 0 Å². The molecule has 2 nitrogen and oxygen atoms in total. The van der Waals surface area contributed by atoms with Crippen molar-refractivity contribution < 1.29 is 4.74 Å². The van der Waals surface area contributed by atoms with Crippen LogP contribution >= 0.6 is 11.8 Å². The van der Waals surface area contributed by atoms with Crippen molar-refractivity contribution in [2.24, 2.45) is 5.92 Å². The third kappa shape index (κ3) is 2.59. The Labute approximate surface area is 102 Å². The minimum absolute atomic E-state index is 0.479. The molecule has 88 valence electrons. The van der Waals surface area contributed by atoms with Crippen LogP contribution < -0.4 is 5.32 Å².